The van der Waals surface area contributed by atoms with Gasteiger partial charge in [-0.1, -0.05) is 32.6 Å². The van der Waals surface area contributed by atoms with Gasteiger partial charge in [-0.3, -0.25) is 10.1 Å². The van der Waals surface area contributed by atoms with E-state index in [2.05, 4.69) is 16.9 Å². The molecule has 3 aromatic rings. The lowest BCUT2D eigenvalue weighted by atomic mass is 10.1. The van der Waals surface area contributed by atoms with Crippen LogP contribution in [0.4, 0.5) is 5.69 Å². The molecule has 31 heavy (non-hydrogen) atoms. The fourth-order valence-corrected chi connectivity index (χ4v) is 3.12. The molecule has 7 heteroatoms. The minimum atomic E-state index is -0.581. The third kappa shape index (κ3) is 6.44. The van der Waals surface area contributed by atoms with E-state index in [9.17, 15) is 14.9 Å². The lowest BCUT2D eigenvalue weighted by Crippen LogP contribution is -2.08. The predicted molar refractivity (Wildman–Crippen MR) is 118 cm³/mol. The van der Waals surface area contributed by atoms with E-state index in [1.54, 1.807) is 24.3 Å². The van der Waals surface area contributed by atoms with Crippen LogP contribution in [0.15, 0.2) is 60.9 Å². The summed E-state index contributed by atoms with van der Waals surface area (Å²) in [5.74, 6) is 0.404. The van der Waals surface area contributed by atoms with Gasteiger partial charge in [0.1, 0.15) is 5.75 Å². The summed E-state index contributed by atoms with van der Waals surface area (Å²) in [6, 6.07) is 12.2. The topological polar surface area (TPSA) is 95.2 Å². The molecule has 0 fully saturated rings. The van der Waals surface area contributed by atoms with Crippen molar-refractivity contribution in [2.24, 2.45) is 0 Å². The molecule has 7 nitrogen and oxygen atoms in total. The molecular formula is C24H25N3O4. The summed E-state index contributed by atoms with van der Waals surface area (Å²) in [5.41, 5.74) is 2.12. The number of nitrogens with zero attached hydrogens (tertiary/aromatic N) is 3. The summed E-state index contributed by atoms with van der Waals surface area (Å²) in [5, 5.41) is 10.7. The number of aryl methyl sites for hydroxylation is 1. The van der Waals surface area contributed by atoms with Crippen molar-refractivity contribution in [2.45, 2.75) is 45.4 Å². The highest BCUT2D eigenvalue weighted by Gasteiger charge is 2.12. The van der Waals surface area contributed by atoms with Crippen LogP contribution in [0.2, 0.25) is 0 Å². The number of non-ortho nitro benzene ring substituents is 1. The van der Waals surface area contributed by atoms with Gasteiger partial charge in [-0.15, -0.1) is 0 Å². The second kappa shape index (κ2) is 11.0. The Bertz CT molecular complexity index is 1000. The van der Waals surface area contributed by atoms with Crippen LogP contribution < -0.4 is 4.74 Å². The van der Waals surface area contributed by atoms with Crippen molar-refractivity contribution < 1.29 is 14.5 Å². The Morgan fingerprint density at radius 2 is 1.58 bits per heavy atom. The standard InChI is InChI=1S/C24H25N3O4/c1-2-3-4-5-6-7-18-16-25-23(26-17-18)19-10-14-22(15-11-19)31-24(28)20-8-12-21(13-9-20)27(29)30/h8-17H,2-7H2,1H3. The molecule has 0 saturated carbocycles. The van der Waals surface area contributed by atoms with E-state index in [0.29, 0.717) is 11.6 Å². The van der Waals surface area contributed by atoms with Crippen molar-refractivity contribution >= 4 is 11.7 Å². The summed E-state index contributed by atoms with van der Waals surface area (Å²) in [6.45, 7) is 2.21. The van der Waals surface area contributed by atoms with Crippen LogP contribution in [-0.4, -0.2) is 20.9 Å². The third-order valence-corrected chi connectivity index (χ3v) is 4.91. The maximum atomic E-state index is 12.2. The Morgan fingerprint density at radius 1 is 0.935 bits per heavy atom. The highest BCUT2D eigenvalue weighted by molar-refractivity contribution is 5.91. The van der Waals surface area contributed by atoms with E-state index in [0.717, 1.165) is 24.0 Å². The zero-order chi connectivity index (χ0) is 22.1. The third-order valence-electron chi connectivity index (χ3n) is 4.91. The zero-order valence-corrected chi connectivity index (χ0v) is 17.5. The lowest BCUT2D eigenvalue weighted by molar-refractivity contribution is -0.384. The van der Waals surface area contributed by atoms with Gasteiger partial charge < -0.3 is 4.74 Å². The first-order chi connectivity index (χ1) is 15.1. The first-order valence-electron chi connectivity index (χ1n) is 10.4. The van der Waals surface area contributed by atoms with Crippen LogP contribution in [0, 0.1) is 10.1 Å². The number of nitro benzene ring substituents is 1. The number of esters is 1. The molecule has 0 amide bonds. The van der Waals surface area contributed by atoms with Crippen molar-refractivity contribution in [3.05, 3.63) is 82.2 Å². The Kier molecular flexibility index (Phi) is 7.81. The van der Waals surface area contributed by atoms with Crippen molar-refractivity contribution in [3.63, 3.8) is 0 Å². The zero-order valence-electron chi connectivity index (χ0n) is 17.5. The highest BCUT2D eigenvalue weighted by atomic mass is 16.6. The van der Waals surface area contributed by atoms with Crippen molar-refractivity contribution in [1.29, 1.82) is 0 Å². The second-order valence-electron chi connectivity index (χ2n) is 7.30. The van der Waals surface area contributed by atoms with E-state index in [1.807, 2.05) is 12.4 Å². The molecule has 0 atom stereocenters. The van der Waals surface area contributed by atoms with Crippen LogP contribution in [0.25, 0.3) is 11.4 Å². The number of benzene rings is 2. The Morgan fingerprint density at radius 3 is 2.19 bits per heavy atom. The number of unbranched alkanes of at least 4 members (excludes halogenated alkanes) is 4. The fourth-order valence-electron chi connectivity index (χ4n) is 3.12. The summed E-state index contributed by atoms with van der Waals surface area (Å²) in [7, 11) is 0. The first kappa shape index (κ1) is 22.1. The summed E-state index contributed by atoms with van der Waals surface area (Å²) in [6.07, 6.45) is 10.9. The van der Waals surface area contributed by atoms with Gasteiger partial charge in [0.2, 0.25) is 0 Å². The minimum absolute atomic E-state index is 0.0802. The first-order valence-corrected chi connectivity index (χ1v) is 10.4. The smallest absolute Gasteiger partial charge is 0.343 e. The molecule has 0 unspecified atom stereocenters. The van der Waals surface area contributed by atoms with E-state index in [-0.39, 0.29) is 11.3 Å². The molecule has 3 rings (SSSR count). The average Bonchev–Trinajstić information content (AvgIpc) is 2.80. The van der Waals surface area contributed by atoms with Crippen LogP contribution in [0.1, 0.15) is 54.9 Å². The second-order valence-corrected chi connectivity index (χ2v) is 7.30. The molecule has 0 aliphatic heterocycles. The number of carbonyl (C=O) groups is 1. The molecular weight excluding hydrogens is 394 g/mol. The largest absolute Gasteiger partial charge is 0.423 e. The number of hydrogen-bond acceptors (Lipinski definition) is 6. The predicted octanol–water partition coefficient (Wildman–Crippen LogP) is 5.78. The van der Waals surface area contributed by atoms with E-state index in [1.165, 1.54) is 49.9 Å². The lowest BCUT2D eigenvalue weighted by Gasteiger charge is -2.06. The van der Waals surface area contributed by atoms with Crippen LogP contribution in [0.5, 0.6) is 5.75 Å². The number of hydrogen-bond donors (Lipinski definition) is 0. The Hall–Kier alpha value is -3.61. The number of aromatic nitrogens is 2. The maximum absolute atomic E-state index is 12.2. The molecule has 0 radical (unpaired) electrons. The van der Waals surface area contributed by atoms with Gasteiger partial charge in [0.05, 0.1) is 10.5 Å². The van der Waals surface area contributed by atoms with E-state index >= 15 is 0 Å². The number of rotatable bonds is 10. The van der Waals surface area contributed by atoms with Gasteiger partial charge in [-0.05, 0) is 54.8 Å². The summed E-state index contributed by atoms with van der Waals surface area (Å²) >= 11 is 0. The van der Waals surface area contributed by atoms with Gasteiger partial charge in [0, 0.05) is 30.1 Å². The van der Waals surface area contributed by atoms with Crippen LogP contribution in [0.3, 0.4) is 0 Å². The van der Waals surface area contributed by atoms with Crippen molar-refractivity contribution in [3.8, 4) is 17.1 Å². The van der Waals surface area contributed by atoms with E-state index in [4.69, 9.17) is 4.74 Å². The normalized spacial score (nSPS) is 10.6. The van der Waals surface area contributed by atoms with Crippen molar-refractivity contribution in [2.75, 3.05) is 0 Å². The van der Waals surface area contributed by atoms with Crippen molar-refractivity contribution in [1.82, 2.24) is 9.97 Å². The van der Waals surface area contributed by atoms with Crippen LogP contribution in [-0.2, 0) is 6.42 Å². The molecule has 2 aromatic carbocycles. The average molecular weight is 419 g/mol. The molecule has 0 aliphatic rings. The Labute approximate surface area is 181 Å². The molecule has 0 bridgehead atoms. The van der Waals surface area contributed by atoms with Gasteiger partial charge >= 0.3 is 5.97 Å². The number of ether oxygens (including phenoxy) is 1. The van der Waals surface area contributed by atoms with E-state index < -0.39 is 10.9 Å². The quantitative estimate of drug-likeness (QED) is 0.136. The van der Waals surface area contributed by atoms with Gasteiger partial charge in [0.15, 0.2) is 5.82 Å². The molecule has 1 heterocycles. The summed E-state index contributed by atoms with van der Waals surface area (Å²) < 4.78 is 5.33. The summed E-state index contributed by atoms with van der Waals surface area (Å²) in [4.78, 5) is 31.3. The molecule has 0 saturated heterocycles. The molecule has 0 N–H and O–H groups in total. The molecule has 0 aliphatic carbocycles. The highest BCUT2D eigenvalue weighted by Crippen LogP contribution is 2.21. The van der Waals surface area contributed by atoms with Gasteiger partial charge in [-0.25, -0.2) is 14.8 Å². The number of nitro groups is 1. The minimum Gasteiger partial charge on any atom is -0.423 e. The Balaban J connectivity index is 1.55. The van der Waals surface area contributed by atoms with Crippen LogP contribution >= 0.6 is 0 Å². The fraction of sp³-hybridized carbons (Fsp3) is 0.292. The molecule has 1 aromatic heterocycles. The van der Waals surface area contributed by atoms with Gasteiger partial charge in [-0.2, -0.15) is 0 Å². The molecule has 0 spiro atoms. The number of carbonyl (C=O) groups excluding carboxylic acids is 1. The maximum Gasteiger partial charge on any atom is 0.343 e. The SMILES string of the molecule is CCCCCCCc1cnc(-c2ccc(OC(=O)c3ccc([N+](=O)[O-])cc3)cc2)nc1. The molecule has 160 valence electrons. The monoisotopic (exact) mass is 419 g/mol. The van der Waals surface area contributed by atoms with Gasteiger partial charge in [0.25, 0.3) is 5.69 Å².